The summed E-state index contributed by atoms with van der Waals surface area (Å²) in [7, 11) is 0. The van der Waals surface area contributed by atoms with E-state index >= 15 is 0 Å². The number of hydrogen-bond donors (Lipinski definition) is 2. The van der Waals surface area contributed by atoms with Crippen LogP contribution in [0.15, 0.2) is 54.7 Å². The minimum absolute atomic E-state index is 0.0337. The number of β-amino-alcohol motifs (C(OH)–C–C–N with tert-alkyl or cyclic N) is 1. The third-order valence-electron chi connectivity index (χ3n) is 7.30. The third kappa shape index (κ3) is 5.97. The average Bonchev–Trinajstić information content (AvgIpc) is 3.16. The number of carbonyl (C=O) groups is 2. The van der Waals surface area contributed by atoms with Crippen LogP contribution in [0.3, 0.4) is 0 Å². The molecule has 0 aliphatic carbocycles. The van der Waals surface area contributed by atoms with Crippen molar-refractivity contribution in [3.8, 4) is 0 Å². The monoisotopic (exact) mass is 495 g/mol. The molecule has 3 atom stereocenters. The zero-order chi connectivity index (χ0) is 26.2. The Hall–Kier alpha value is -2.74. The van der Waals surface area contributed by atoms with Crippen LogP contribution >= 0.6 is 0 Å². The van der Waals surface area contributed by atoms with Crippen molar-refractivity contribution < 1.29 is 19.4 Å². The van der Waals surface area contributed by atoms with Gasteiger partial charge < -0.3 is 25.4 Å². The molecule has 2 bridgehead atoms. The summed E-state index contributed by atoms with van der Waals surface area (Å²) >= 11 is 0. The van der Waals surface area contributed by atoms with E-state index in [-0.39, 0.29) is 30.4 Å². The van der Waals surface area contributed by atoms with Crippen LogP contribution < -0.4 is 5.73 Å². The number of ether oxygens (including phenoxy) is 1. The molecule has 2 fully saturated rings. The Bertz CT molecular complexity index is 986. The summed E-state index contributed by atoms with van der Waals surface area (Å²) in [6, 6.07) is 5.72. The lowest BCUT2D eigenvalue weighted by molar-refractivity contribution is -0.00717. The second-order valence-electron chi connectivity index (χ2n) is 9.36. The van der Waals surface area contributed by atoms with E-state index in [2.05, 4.69) is 13.2 Å². The Morgan fingerprint density at radius 3 is 2.47 bits per heavy atom. The molecule has 0 saturated carbocycles. The highest BCUT2D eigenvalue weighted by molar-refractivity contribution is 6.00. The minimum atomic E-state index is -0.651. The van der Waals surface area contributed by atoms with Gasteiger partial charge in [0.2, 0.25) is 0 Å². The summed E-state index contributed by atoms with van der Waals surface area (Å²) in [5.41, 5.74) is 9.79. The Kier molecular flexibility index (Phi) is 10.0. The zero-order valence-corrected chi connectivity index (χ0v) is 21.7. The van der Waals surface area contributed by atoms with E-state index in [9.17, 15) is 14.7 Å². The van der Waals surface area contributed by atoms with Crippen molar-refractivity contribution in [2.75, 3.05) is 32.8 Å². The fraction of sp³-hybridized carbons (Fsp3) is 0.517. The summed E-state index contributed by atoms with van der Waals surface area (Å²) in [5.74, 6) is -0.0645. The predicted molar refractivity (Wildman–Crippen MR) is 143 cm³/mol. The molecular formula is C29H41N3O4. The van der Waals surface area contributed by atoms with E-state index in [0.717, 1.165) is 29.6 Å². The van der Waals surface area contributed by atoms with Gasteiger partial charge in [-0.2, -0.15) is 0 Å². The van der Waals surface area contributed by atoms with E-state index < -0.39 is 6.10 Å². The van der Waals surface area contributed by atoms with Gasteiger partial charge in [-0.25, -0.2) is 0 Å². The first-order chi connectivity index (χ1) is 17.5. The molecule has 1 aromatic rings. The first-order valence-electron chi connectivity index (χ1n) is 13.1. The first kappa shape index (κ1) is 27.8. The molecule has 2 saturated heterocycles. The molecule has 0 aromatic heterocycles. The number of carbonyl (C=O) groups excluding carboxylic acids is 2. The normalized spacial score (nSPS) is 22.2. The van der Waals surface area contributed by atoms with E-state index in [1.165, 1.54) is 0 Å². The number of morpholine rings is 1. The fourth-order valence-electron chi connectivity index (χ4n) is 5.36. The largest absolute Gasteiger partial charge is 0.391 e. The third-order valence-corrected chi connectivity index (χ3v) is 7.30. The predicted octanol–water partition coefficient (Wildman–Crippen LogP) is 3.48. The molecule has 3 N–H and O–H groups in total. The highest BCUT2D eigenvalue weighted by atomic mass is 16.5. The highest BCUT2D eigenvalue weighted by Crippen LogP contribution is 2.31. The lowest BCUT2D eigenvalue weighted by Gasteiger charge is -2.35. The molecule has 0 spiro atoms. The van der Waals surface area contributed by atoms with Gasteiger partial charge >= 0.3 is 0 Å². The van der Waals surface area contributed by atoms with Gasteiger partial charge in [0.15, 0.2) is 0 Å². The average molecular weight is 496 g/mol. The van der Waals surface area contributed by atoms with Gasteiger partial charge in [0.25, 0.3) is 11.8 Å². The molecule has 3 heterocycles. The van der Waals surface area contributed by atoms with Gasteiger partial charge in [-0.05, 0) is 67.0 Å². The van der Waals surface area contributed by atoms with Crippen molar-refractivity contribution in [2.45, 2.75) is 64.1 Å². The lowest BCUT2D eigenvalue weighted by Crippen LogP contribution is -2.49. The van der Waals surface area contributed by atoms with Crippen LogP contribution in [0.1, 0.15) is 65.8 Å². The number of nitrogens with two attached hydrogens (primary N) is 1. The molecule has 3 aliphatic heterocycles. The van der Waals surface area contributed by atoms with Crippen molar-refractivity contribution in [2.24, 2.45) is 5.73 Å². The van der Waals surface area contributed by atoms with Crippen LogP contribution in [-0.4, -0.2) is 77.8 Å². The molecular weight excluding hydrogens is 454 g/mol. The van der Waals surface area contributed by atoms with Crippen molar-refractivity contribution in [3.63, 3.8) is 0 Å². The van der Waals surface area contributed by atoms with Crippen molar-refractivity contribution in [1.82, 2.24) is 9.80 Å². The number of aliphatic hydroxyl groups is 1. The quantitative estimate of drug-likeness (QED) is 0.512. The van der Waals surface area contributed by atoms with Gasteiger partial charge in [-0.3, -0.25) is 9.59 Å². The standard InChI is InChI=1S/C27H35N3O4.C2H6/c1-3-18(19(4-2)14-28)5-9-24(31)15-29-12-11-20-13-21(6-10-25(20)27(29)33)26(32)30-22-7-8-23(30)17-34-16-22;1-2/h3-4,6,10,13,22-24,31H,1-2,5,7-9,11-12,14-17,28H2;1-2H3/b19-18-;. The minimum Gasteiger partial charge on any atom is -0.391 e. The van der Waals surface area contributed by atoms with Crippen molar-refractivity contribution in [3.05, 3.63) is 71.3 Å². The maximum atomic E-state index is 13.2. The number of hydrogen-bond acceptors (Lipinski definition) is 5. The van der Waals surface area contributed by atoms with Crippen LogP contribution in [0.2, 0.25) is 0 Å². The first-order valence-corrected chi connectivity index (χ1v) is 13.1. The molecule has 3 unspecified atom stereocenters. The Balaban J connectivity index is 0.00000176. The van der Waals surface area contributed by atoms with E-state index in [0.29, 0.717) is 56.7 Å². The lowest BCUT2D eigenvalue weighted by atomic mass is 9.95. The van der Waals surface area contributed by atoms with Crippen LogP contribution in [-0.2, 0) is 11.2 Å². The van der Waals surface area contributed by atoms with Gasteiger partial charge in [0, 0.05) is 30.8 Å². The van der Waals surface area contributed by atoms with Crippen LogP contribution in [0.25, 0.3) is 0 Å². The maximum absolute atomic E-state index is 13.2. The molecule has 196 valence electrons. The highest BCUT2D eigenvalue weighted by Gasteiger charge is 2.41. The Morgan fingerprint density at radius 2 is 1.86 bits per heavy atom. The molecule has 4 rings (SSSR count). The Morgan fingerprint density at radius 1 is 1.19 bits per heavy atom. The molecule has 7 heteroatoms. The van der Waals surface area contributed by atoms with E-state index in [1.807, 2.05) is 24.8 Å². The second-order valence-corrected chi connectivity index (χ2v) is 9.36. The number of allylic oxidation sites excluding steroid dienone is 2. The summed E-state index contributed by atoms with van der Waals surface area (Å²) < 4.78 is 5.60. The molecule has 7 nitrogen and oxygen atoms in total. The van der Waals surface area contributed by atoms with Gasteiger partial charge in [-0.15, -0.1) is 0 Å². The SMILES string of the molecule is C=C/C(CN)=C(\C=C)CCC(O)CN1CCc2cc(C(=O)N3C4CCC3COC4)ccc2C1=O.CC. The van der Waals surface area contributed by atoms with E-state index in [1.54, 1.807) is 29.2 Å². The molecule has 36 heavy (non-hydrogen) atoms. The van der Waals surface area contributed by atoms with Gasteiger partial charge in [0.05, 0.1) is 31.4 Å². The molecule has 0 radical (unpaired) electrons. The number of rotatable bonds is 9. The Labute approximate surface area is 215 Å². The summed E-state index contributed by atoms with van der Waals surface area (Å²) in [6.45, 7) is 14.0. The summed E-state index contributed by atoms with van der Waals surface area (Å²) in [6.07, 6.45) is 6.59. The fourth-order valence-corrected chi connectivity index (χ4v) is 5.36. The molecule has 1 aromatic carbocycles. The molecule has 2 amide bonds. The maximum Gasteiger partial charge on any atom is 0.254 e. The van der Waals surface area contributed by atoms with Gasteiger partial charge in [0.1, 0.15) is 0 Å². The number of aliphatic hydroxyl groups excluding tert-OH is 1. The second kappa shape index (κ2) is 13.0. The van der Waals surface area contributed by atoms with Crippen molar-refractivity contribution in [1.29, 1.82) is 0 Å². The van der Waals surface area contributed by atoms with E-state index in [4.69, 9.17) is 10.5 Å². The van der Waals surface area contributed by atoms with Crippen LogP contribution in [0.5, 0.6) is 0 Å². The molecule has 3 aliphatic rings. The smallest absolute Gasteiger partial charge is 0.254 e. The summed E-state index contributed by atoms with van der Waals surface area (Å²) in [4.78, 5) is 30.0. The zero-order valence-electron chi connectivity index (χ0n) is 21.7. The van der Waals surface area contributed by atoms with Gasteiger partial charge in [-0.1, -0.05) is 39.2 Å². The number of nitrogens with zero attached hydrogens (tertiary/aromatic N) is 2. The van der Waals surface area contributed by atoms with Crippen LogP contribution in [0.4, 0.5) is 0 Å². The summed E-state index contributed by atoms with van der Waals surface area (Å²) in [5, 5.41) is 10.6. The number of fused-ring (bicyclic) bond motifs is 3. The van der Waals surface area contributed by atoms with Crippen LogP contribution in [0, 0.1) is 0 Å². The number of benzene rings is 1. The van der Waals surface area contributed by atoms with Crippen molar-refractivity contribution >= 4 is 11.8 Å². The number of amides is 2. The topological polar surface area (TPSA) is 96.1 Å².